The maximum atomic E-state index is 10.3. The lowest BCUT2D eigenvalue weighted by Gasteiger charge is -2.38. The monoisotopic (exact) mass is 95.0 g/mol. The van der Waals surface area contributed by atoms with Crippen molar-refractivity contribution in [2.24, 2.45) is 5.92 Å². The number of fused-ring (bicyclic) bond motifs is 1. The zero-order valence-electron chi connectivity index (χ0n) is 3.72. The van der Waals surface area contributed by atoms with E-state index in [1.54, 1.807) is 0 Å². The number of carbonyl (C=O) groups excluding carboxylic acids is 1. The average Bonchev–Trinajstić information content (AvgIpc) is 1.59. The Kier molecular flexibility index (Phi) is 0.340. The lowest BCUT2D eigenvalue weighted by atomic mass is 9.81. The maximum absolute atomic E-state index is 10.3. The highest BCUT2D eigenvalue weighted by atomic mass is 16.2. The van der Waals surface area contributed by atoms with Crippen molar-refractivity contribution in [2.45, 2.75) is 6.04 Å². The molecular weight excluding hydrogens is 90.1 g/mol. The third kappa shape index (κ3) is 0.204. The molecule has 2 nitrogen and oxygen atoms in total. The molecule has 2 heteroatoms. The number of amides is 1. The van der Waals surface area contributed by atoms with Crippen molar-refractivity contribution in [3.8, 4) is 0 Å². The standard InChI is InChI=1S/C5H5NO/c7-5-3-1-2-4(3)6-5/h1-4H,(H,6,7)/t3-,4+/m0/s1. The fourth-order valence-electron chi connectivity index (χ4n) is 0.886. The average molecular weight is 95.1 g/mol. The summed E-state index contributed by atoms with van der Waals surface area (Å²) in [5, 5.41) is 2.72. The van der Waals surface area contributed by atoms with Gasteiger partial charge in [-0.2, -0.15) is 0 Å². The summed E-state index contributed by atoms with van der Waals surface area (Å²) in [6.45, 7) is 0. The van der Waals surface area contributed by atoms with Gasteiger partial charge >= 0.3 is 0 Å². The minimum atomic E-state index is 0.188. The van der Waals surface area contributed by atoms with Crippen molar-refractivity contribution in [3.63, 3.8) is 0 Å². The third-order valence-corrected chi connectivity index (χ3v) is 1.52. The predicted molar refractivity (Wildman–Crippen MR) is 24.6 cm³/mol. The molecule has 1 amide bonds. The summed E-state index contributed by atoms with van der Waals surface area (Å²) in [7, 11) is 0. The summed E-state index contributed by atoms with van der Waals surface area (Å²) in [6, 6.07) is 0.410. The van der Waals surface area contributed by atoms with Crippen molar-refractivity contribution in [2.75, 3.05) is 0 Å². The van der Waals surface area contributed by atoms with Gasteiger partial charge in [0.1, 0.15) is 0 Å². The molecule has 1 fully saturated rings. The van der Waals surface area contributed by atoms with Crippen molar-refractivity contribution >= 4 is 5.91 Å². The molecule has 1 saturated heterocycles. The number of nitrogens with one attached hydrogen (secondary N) is 1. The molecule has 0 spiro atoms. The van der Waals surface area contributed by atoms with Crippen LogP contribution in [-0.2, 0) is 4.79 Å². The summed E-state index contributed by atoms with van der Waals surface area (Å²) in [4.78, 5) is 10.3. The van der Waals surface area contributed by atoms with E-state index in [-0.39, 0.29) is 11.8 Å². The Labute approximate surface area is 41.2 Å². The second-order valence-corrected chi connectivity index (χ2v) is 1.95. The van der Waals surface area contributed by atoms with Crippen LogP contribution < -0.4 is 5.32 Å². The Morgan fingerprint density at radius 3 is 2.43 bits per heavy atom. The first-order chi connectivity index (χ1) is 3.38. The van der Waals surface area contributed by atoms with E-state index in [9.17, 15) is 4.79 Å². The van der Waals surface area contributed by atoms with E-state index in [4.69, 9.17) is 0 Å². The maximum Gasteiger partial charge on any atom is 0.229 e. The lowest BCUT2D eigenvalue weighted by molar-refractivity contribution is -0.132. The van der Waals surface area contributed by atoms with E-state index >= 15 is 0 Å². The topological polar surface area (TPSA) is 29.1 Å². The second-order valence-electron chi connectivity index (χ2n) is 1.95. The molecular formula is C5H5NO. The van der Waals surface area contributed by atoms with Crippen LogP contribution in [0, 0.1) is 5.92 Å². The summed E-state index contributed by atoms with van der Waals surface area (Å²) >= 11 is 0. The third-order valence-electron chi connectivity index (χ3n) is 1.52. The first kappa shape index (κ1) is 3.24. The van der Waals surface area contributed by atoms with Crippen molar-refractivity contribution in [1.29, 1.82) is 0 Å². The molecule has 0 aromatic carbocycles. The normalized spacial score (nSPS) is 43.1. The zero-order chi connectivity index (χ0) is 4.85. The Morgan fingerprint density at radius 2 is 2.43 bits per heavy atom. The van der Waals surface area contributed by atoms with Crippen molar-refractivity contribution in [1.82, 2.24) is 5.32 Å². The second kappa shape index (κ2) is 0.735. The predicted octanol–water partition coefficient (Wildman–Crippen LogP) is -0.329. The molecule has 0 unspecified atom stereocenters. The summed E-state index contributed by atoms with van der Waals surface area (Å²) < 4.78 is 0. The molecule has 1 aliphatic carbocycles. The molecule has 36 valence electrons. The summed E-state index contributed by atoms with van der Waals surface area (Å²) in [5.74, 6) is 0.438. The van der Waals surface area contributed by atoms with Crippen LogP contribution in [0.15, 0.2) is 12.2 Å². The fraction of sp³-hybridized carbons (Fsp3) is 0.400. The van der Waals surface area contributed by atoms with Crippen molar-refractivity contribution < 1.29 is 4.79 Å². The molecule has 2 rings (SSSR count). The number of carbonyl (C=O) groups is 1. The molecule has 0 saturated carbocycles. The molecule has 1 N–H and O–H groups in total. The molecule has 0 aromatic rings. The molecule has 0 bridgehead atoms. The first-order valence-electron chi connectivity index (χ1n) is 2.36. The molecule has 0 aromatic heterocycles. The van der Waals surface area contributed by atoms with Gasteiger partial charge in [-0.3, -0.25) is 4.79 Å². The van der Waals surface area contributed by atoms with Crippen molar-refractivity contribution in [3.05, 3.63) is 12.2 Å². The molecule has 2 aliphatic rings. The minimum Gasteiger partial charge on any atom is -0.348 e. The Morgan fingerprint density at radius 1 is 1.57 bits per heavy atom. The van der Waals surface area contributed by atoms with E-state index in [2.05, 4.69) is 5.32 Å². The van der Waals surface area contributed by atoms with E-state index < -0.39 is 0 Å². The van der Waals surface area contributed by atoms with Crippen LogP contribution in [0.2, 0.25) is 0 Å². The number of hydrogen-bond donors (Lipinski definition) is 1. The largest absolute Gasteiger partial charge is 0.348 e. The Hall–Kier alpha value is -0.790. The smallest absolute Gasteiger partial charge is 0.229 e. The highest BCUT2D eigenvalue weighted by Crippen LogP contribution is 2.25. The number of β-lactam (4-membered cyclic amide) rings is 1. The highest BCUT2D eigenvalue weighted by molar-refractivity contribution is 5.90. The van der Waals surface area contributed by atoms with E-state index in [0.29, 0.717) is 6.04 Å². The van der Waals surface area contributed by atoms with E-state index in [1.165, 1.54) is 0 Å². The van der Waals surface area contributed by atoms with Gasteiger partial charge in [-0.15, -0.1) is 0 Å². The number of hydrogen-bond acceptors (Lipinski definition) is 1. The van der Waals surface area contributed by atoms with Crippen LogP contribution in [0.4, 0.5) is 0 Å². The molecule has 7 heavy (non-hydrogen) atoms. The quantitative estimate of drug-likeness (QED) is 0.324. The molecule has 0 radical (unpaired) electrons. The first-order valence-corrected chi connectivity index (χ1v) is 2.36. The van der Waals surface area contributed by atoms with Crippen LogP contribution in [0.5, 0.6) is 0 Å². The highest BCUT2D eigenvalue weighted by Gasteiger charge is 2.40. The molecule has 1 heterocycles. The van der Waals surface area contributed by atoms with Gasteiger partial charge in [-0.05, 0) is 0 Å². The van der Waals surface area contributed by atoms with Gasteiger partial charge < -0.3 is 5.32 Å². The Bertz CT molecular complexity index is 150. The van der Waals surface area contributed by atoms with Gasteiger partial charge in [0.2, 0.25) is 5.91 Å². The SMILES string of the molecule is O=C1N[C@@H]2C=C[C@H]12. The molecule has 1 aliphatic heterocycles. The minimum absolute atomic E-state index is 0.188. The van der Waals surface area contributed by atoms with Crippen LogP contribution >= 0.6 is 0 Å². The van der Waals surface area contributed by atoms with Gasteiger partial charge in [-0.25, -0.2) is 0 Å². The van der Waals surface area contributed by atoms with Crippen LogP contribution in [0.1, 0.15) is 0 Å². The van der Waals surface area contributed by atoms with Crippen LogP contribution in [-0.4, -0.2) is 11.9 Å². The number of rotatable bonds is 0. The van der Waals surface area contributed by atoms with Gasteiger partial charge in [-0.1, -0.05) is 12.2 Å². The van der Waals surface area contributed by atoms with Gasteiger partial charge in [0, 0.05) is 0 Å². The fourth-order valence-corrected chi connectivity index (χ4v) is 0.886. The van der Waals surface area contributed by atoms with Crippen LogP contribution in [0.25, 0.3) is 0 Å². The lowest BCUT2D eigenvalue weighted by Crippen LogP contribution is -2.60. The van der Waals surface area contributed by atoms with Gasteiger partial charge in [0.25, 0.3) is 0 Å². The van der Waals surface area contributed by atoms with Crippen LogP contribution in [0.3, 0.4) is 0 Å². The summed E-state index contributed by atoms with van der Waals surface area (Å²) in [6.07, 6.45) is 3.94. The van der Waals surface area contributed by atoms with Gasteiger partial charge in [0.05, 0.1) is 12.0 Å². The van der Waals surface area contributed by atoms with E-state index in [1.807, 2.05) is 12.2 Å². The summed E-state index contributed by atoms with van der Waals surface area (Å²) in [5.41, 5.74) is 0. The van der Waals surface area contributed by atoms with E-state index in [0.717, 1.165) is 0 Å². The zero-order valence-corrected chi connectivity index (χ0v) is 3.72. The Balaban J connectivity index is 2.29. The molecule has 2 atom stereocenters. The van der Waals surface area contributed by atoms with Gasteiger partial charge in [0.15, 0.2) is 0 Å².